The van der Waals surface area contributed by atoms with Crippen LogP contribution in [0.1, 0.15) is 0 Å². The molecule has 0 saturated heterocycles. The number of anilines is 2. The van der Waals surface area contributed by atoms with Crippen molar-refractivity contribution in [1.29, 1.82) is 0 Å². The van der Waals surface area contributed by atoms with Gasteiger partial charge >= 0.3 is 18.0 Å². The van der Waals surface area contributed by atoms with Gasteiger partial charge in [-0.1, -0.05) is 0 Å². The first-order chi connectivity index (χ1) is 8.24. The normalized spacial score (nSPS) is 11.6. The number of hydrogen-bond acceptors (Lipinski definition) is 6. The van der Waals surface area contributed by atoms with E-state index in [0.717, 1.165) is 0 Å². The Morgan fingerprint density at radius 3 is 2.67 bits per heavy atom. The third-order valence-electron chi connectivity index (χ3n) is 1.80. The summed E-state index contributed by atoms with van der Waals surface area (Å²) in [4.78, 5) is 16.1. The average Bonchev–Trinajstić information content (AvgIpc) is 2.26. The van der Waals surface area contributed by atoms with Crippen molar-refractivity contribution in [2.45, 2.75) is 12.3 Å². The maximum atomic E-state index is 12.6. The van der Waals surface area contributed by atoms with Crippen LogP contribution in [0.3, 0.4) is 0 Å². The molecular weight excluding hydrogens is 262 g/mol. The third kappa shape index (κ3) is 3.15. The highest BCUT2D eigenvalue weighted by molar-refractivity contribution is 5.56. The van der Waals surface area contributed by atoms with Gasteiger partial charge in [0, 0.05) is 0 Å². The molecule has 0 aliphatic carbocycles. The minimum atomic E-state index is -4.34. The SMILES string of the molecule is Nc1ncc([N+](=O)[O-])c(NCC(F)(F)C(F)F)n1. The van der Waals surface area contributed by atoms with E-state index in [2.05, 4.69) is 9.97 Å². The predicted octanol–water partition coefficient (Wildman–Crippen LogP) is 1.28. The molecule has 18 heavy (non-hydrogen) atoms. The molecule has 0 aliphatic heterocycles. The van der Waals surface area contributed by atoms with Crippen molar-refractivity contribution in [2.24, 2.45) is 0 Å². The molecule has 1 rings (SSSR count). The zero-order valence-corrected chi connectivity index (χ0v) is 8.61. The molecule has 0 bridgehead atoms. The zero-order chi connectivity index (χ0) is 13.9. The van der Waals surface area contributed by atoms with Crippen molar-refractivity contribution < 1.29 is 22.5 Å². The molecule has 0 spiro atoms. The molecule has 0 amide bonds. The van der Waals surface area contributed by atoms with Crippen LogP contribution in [0.25, 0.3) is 0 Å². The van der Waals surface area contributed by atoms with Crippen LogP contribution in [-0.4, -0.2) is 33.8 Å². The standard InChI is InChI=1S/C7H7F4N5O2/c8-5(9)7(10,11)2-14-4-3(16(17)18)1-13-6(12)15-4/h1,5H,2H2,(H3,12,13,14,15). The fourth-order valence-corrected chi connectivity index (χ4v) is 0.932. The summed E-state index contributed by atoms with van der Waals surface area (Å²) >= 11 is 0. The third-order valence-corrected chi connectivity index (χ3v) is 1.80. The largest absolute Gasteiger partial charge is 0.368 e. The molecular formula is C7H7F4N5O2. The Hall–Kier alpha value is -2.20. The van der Waals surface area contributed by atoms with Gasteiger partial charge in [0.2, 0.25) is 11.8 Å². The summed E-state index contributed by atoms with van der Waals surface area (Å²) in [5, 5.41) is 12.3. The lowest BCUT2D eigenvalue weighted by atomic mass is 10.3. The lowest BCUT2D eigenvalue weighted by molar-refractivity contribution is -0.384. The van der Waals surface area contributed by atoms with Crippen LogP contribution in [0.4, 0.5) is 35.0 Å². The fourth-order valence-electron chi connectivity index (χ4n) is 0.932. The molecule has 0 atom stereocenters. The first kappa shape index (κ1) is 13.9. The summed E-state index contributed by atoms with van der Waals surface area (Å²) in [5.74, 6) is -5.40. The first-order valence-corrected chi connectivity index (χ1v) is 4.41. The molecule has 11 heteroatoms. The number of nitrogens with zero attached hydrogens (tertiary/aromatic N) is 3. The Morgan fingerprint density at radius 1 is 1.56 bits per heavy atom. The Labute approximate surface area is 97.2 Å². The highest BCUT2D eigenvalue weighted by Crippen LogP contribution is 2.26. The molecule has 0 aromatic carbocycles. The number of rotatable bonds is 5. The summed E-state index contributed by atoms with van der Waals surface area (Å²) in [7, 11) is 0. The van der Waals surface area contributed by atoms with Crippen molar-refractivity contribution in [1.82, 2.24) is 9.97 Å². The Bertz CT molecular complexity index is 455. The predicted molar refractivity (Wildman–Crippen MR) is 52.5 cm³/mol. The van der Waals surface area contributed by atoms with Crippen molar-refractivity contribution in [3.8, 4) is 0 Å². The van der Waals surface area contributed by atoms with Gasteiger partial charge in [0.05, 0.1) is 11.5 Å². The number of hydrogen-bond donors (Lipinski definition) is 2. The molecule has 0 unspecified atom stereocenters. The van der Waals surface area contributed by atoms with E-state index >= 15 is 0 Å². The first-order valence-electron chi connectivity index (χ1n) is 4.41. The van der Waals surface area contributed by atoms with Crippen LogP contribution in [0.15, 0.2) is 6.20 Å². The van der Waals surface area contributed by atoms with E-state index < -0.39 is 41.3 Å². The van der Waals surface area contributed by atoms with E-state index in [4.69, 9.17) is 5.73 Å². The van der Waals surface area contributed by atoms with Crippen LogP contribution < -0.4 is 11.1 Å². The second-order valence-corrected chi connectivity index (χ2v) is 3.13. The van der Waals surface area contributed by atoms with Crippen molar-refractivity contribution in [3.63, 3.8) is 0 Å². The Kier molecular flexibility index (Phi) is 3.83. The smallest absolute Gasteiger partial charge is 0.329 e. The lowest BCUT2D eigenvalue weighted by Gasteiger charge is -2.15. The maximum Gasteiger partial charge on any atom is 0.329 e. The lowest BCUT2D eigenvalue weighted by Crippen LogP contribution is -2.35. The quantitative estimate of drug-likeness (QED) is 0.473. The molecule has 3 N–H and O–H groups in total. The highest BCUT2D eigenvalue weighted by atomic mass is 19.3. The van der Waals surface area contributed by atoms with Crippen LogP contribution in [0.2, 0.25) is 0 Å². The summed E-state index contributed by atoms with van der Waals surface area (Å²) in [6.45, 7) is -1.51. The topological polar surface area (TPSA) is 107 Å². The van der Waals surface area contributed by atoms with Gasteiger partial charge in [-0.15, -0.1) is 0 Å². The zero-order valence-electron chi connectivity index (χ0n) is 8.61. The van der Waals surface area contributed by atoms with Crippen LogP contribution in [-0.2, 0) is 0 Å². The van der Waals surface area contributed by atoms with E-state index in [-0.39, 0.29) is 0 Å². The molecule has 1 aromatic heterocycles. The van der Waals surface area contributed by atoms with Crippen LogP contribution in [0, 0.1) is 10.1 Å². The number of halogens is 4. The van der Waals surface area contributed by atoms with Crippen LogP contribution >= 0.6 is 0 Å². The molecule has 0 aliphatic rings. The van der Waals surface area contributed by atoms with Crippen molar-refractivity contribution in [2.75, 3.05) is 17.6 Å². The monoisotopic (exact) mass is 269 g/mol. The fraction of sp³-hybridized carbons (Fsp3) is 0.429. The van der Waals surface area contributed by atoms with Gasteiger partial charge in [0.25, 0.3) is 0 Å². The number of aromatic nitrogens is 2. The van der Waals surface area contributed by atoms with Crippen molar-refractivity contribution in [3.05, 3.63) is 16.3 Å². The van der Waals surface area contributed by atoms with Gasteiger partial charge in [-0.3, -0.25) is 10.1 Å². The average molecular weight is 269 g/mol. The number of nitro groups is 1. The number of nitrogen functional groups attached to an aromatic ring is 1. The molecule has 1 aromatic rings. The second kappa shape index (κ2) is 4.98. The van der Waals surface area contributed by atoms with Crippen molar-refractivity contribution >= 4 is 17.5 Å². The van der Waals surface area contributed by atoms with Gasteiger partial charge < -0.3 is 11.1 Å². The maximum absolute atomic E-state index is 12.6. The van der Waals surface area contributed by atoms with Gasteiger partial charge in [-0.25, -0.2) is 13.8 Å². The Balaban J connectivity index is 2.90. The molecule has 100 valence electrons. The van der Waals surface area contributed by atoms with Gasteiger partial charge in [-0.2, -0.15) is 13.8 Å². The van der Waals surface area contributed by atoms with E-state index in [0.29, 0.717) is 6.20 Å². The van der Waals surface area contributed by atoms with Gasteiger partial charge in [0.1, 0.15) is 6.20 Å². The number of alkyl halides is 4. The van der Waals surface area contributed by atoms with E-state index in [1.54, 1.807) is 5.32 Å². The molecule has 0 radical (unpaired) electrons. The number of nitrogens with one attached hydrogen (secondary N) is 1. The summed E-state index contributed by atoms with van der Waals surface area (Å²) in [6.07, 6.45) is -3.21. The minimum absolute atomic E-state index is 0.413. The summed E-state index contributed by atoms with van der Waals surface area (Å²) < 4.78 is 49.0. The second-order valence-electron chi connectivity index (χ2n) is 3.13. The molecule has 1 heterocycles. The minimum Gasteiger partial charge on any atom is -0.368 e. The van der Waals surface area contributed by atoms with E-state index in [9.17, 15) is 27.7 Å². The van der Waals surface area contributed by atoms with Gasteiger partial charge in [-0.05, 0) is 0 Å². The van der Waals surface area contributed by atoms with E-state index in [1.807, 2.05) is 0 Å². The summed E-state index contributed by atoms with van der Waals surface area (Å²) in [6, 6.07) is 0. The molecule has 0 saturated carbocycles. The van der Waals surface area contributed by atoms with Crippen LogP contribution in [0.5, 0.6) is 0 Å². The molecule has 7 nitrogen and oxygen atoms in total. The van der Waals surface area contributed by atoms with Gasteiger partial charge in [0.15, 0.2) is 0 Å². The highest BCUT2D eigenvalue weighted by Gasteiger charge is 2.41. The Morgan fingerprint density at radius 2 is 2.17 bits per heavy atom. The summed E-state index contributed by atoms with van der Waals surface area (Å²) in [5.41, 5.74) is 4.36. The number of nitrogens with two attached hydrogens (primary N) is 1. The van der Waals surface area contributed by atoms with E-state index in [1.165, 1.54) is 0 Å². The molecule has 0 fully saturated rings.